The number of hydrogen-bond acceptors (Lipinski definition) is 2. The summed E-state index contributed by atoms with van der Waals surface area (Å²) in [4.78, 5) is 24.3. The third-order valence-corrected chi connectivity index (χ3v) is 2.10. The molecule has 1 unspecified atom stereocenters. The lowest BCUT2D eigenvalue weighted by Gasteiger charge is -2.28. The van der Waals surface area contributed by atoms with E-state index in [9.17, 15) is 9.59 Å². The number of urea groups is 1. The lowest BCUT2D eigenvalue weighted by atomic mass is 10.1. The van der Waals surface area contributed by atoms with Gasteiger partial charge in [0.15, 0.2) is 0 Å². The molecule has 1 aliphatic heterocycles. The summed E-state index contributed by atoms with van der Waals surface area (Å²) in [7, 11) is 0. The summed E-state index contributed by atoms with van der Waals surface area (Å²) in [6.45, 7) is 7.43. The average Bonchev–Trinajstić information content (AvgIpc) is 2.24. The zero-order valence-electron chi connectivity index (χ0n) is 8.55. The van der Waals surface area contributed by atoms with Crippen LogP contribution in [0.4, 0.5) is 4.79 Å². The molecule has 0 aromatic carbocycles. The number of carbonyl (C=O) groups is 2. The Kier molecular flexibility index (Phi) is 2.32. The molecule has 13 heavy (non-hydrogen) atoms. The van der Waals surface area contributed by atoms with Crippen molar-refractivity contribution in [3.8, 4) is 0 Å². The lowest BCUT2D eigenvalue weighted by molar-refractivity contribution is -0.130. The van der Waals surface area contributed by atoms with Crippen molar-refractivity contribution in [1.29, 1.82) is 0 Å². The zero-order chi connectivity index (χ0) is 10.2. The Bertz CT molecular complexity index is 242. The van der Waals surface area contributed by atoms with Crippen LogP contribution in [0.2, 0.25) is 0 Å². The molecule has 0 saturated carbocycles. The fourth-order valence-electron chi connectivity index (χ4n) is 1.44. The molecule has 0 aliphatic carbocycles. The number of rotatable bonds is 1. The van der Waals surface area contributed by atoms with Crippen molar-refractivity contribution >= 4 is 11.9 Å². The van der Waals surface area contributed by atoms with Crippen molar-refractivity contribution in [2.45, 2.75) is 45.7 Å². The van der Waals surface area contributed by atoms with Crippen LogP contribution in [0.1, 0.15) is 34.1 Å². The SMILES string of the molecule is CCC1NC(=O)N(C(C)(C)C)C1=O. The third-order valence-electron chi connectivity index (χ3n) is 2.10. The first-order chi connectivity index (χ1) is 5.88. The Hall–Kier alpha value is -1.06. The van der Waals surface area contributed by atoms with Gasteiger partial charge in [0.25, 0.3) is 5.91 Å². The highest BCUT2D eigenvalue weighted by Crippen LogP contribution is 2.20. The number of carbonyl (C=O) groups excluding carboxylic acids is 2. The van der Waals surface area contributed by atoms with Crippen LogP contribution >= 0.6 is 0 Å². The molecule has 1 atom stereocenters. The lowest BCUT2D eigenvalue weighted by Crippen LogP contribution is -2.46. The van der Waals surface area contributed by atoms with Crippen molar-refractivity contribution < 1.29 is 9.59 Å². The van der Waals surface area contributed by atoms with E-state index in [0.29, 0.717) is 6.42 Å². The fourth-order valence-corrected chi connectivity index (χ4v) is 1.44. The fraction of sp³-hybridized carbons (Fsp3) is 0.778. The maximum Gasteiger partial charge on any atom is 0.325 e. The maximum absolute atomic E-state index is 11.6. The van der Waals surface area contributed by atoms with Gasteiger partial charge in [-0.15, -0.1) is 0 Å². The van der Waals surface area contributed by atoms with Crippen LogP contribution in [0.3, 0.4) is 0 Å². The van der Waals surface area contributed by atoms with E-state index < -0.39 is 5.54 Å². The Balaban J connectivity index is 2.89. The van der Waals surface area contributed by atoms with E-state index in [-0.39, 0.29) is 18.0 Å². The summed E-state index contributed by atoms with van der Waals surface area (Å²) >= 11 is 0. The molecule has 0 aromatic rings. The van der Waals surface area contributed by atoms with E-state index in [2.05, 4.69) is 5.32 Å². The Morgan fingerprint density at radius 2 is 1.92 bits per heavy atom. The summed E-state index contributed by atoms with van der Waals surface area (Å²) in [5.41, 5.74) is -0.426. The van der Waals surface area contributed by atoms with Gasteiger partial charge >= 0.3 is 6.03 Å². The summed E-state index contributed by atoms with van der Waals surface area (Å²) in [6.07, 6.45) is 0.650. The molecule has 1 fully saturated rings. The van der Waals surface area contributed by atoms with Crippen LogP contribution in [-0.4, -0.2) is 28.4 Å². The standard InChI is InChI=1S/C9H16N2O2/c1-5-6-7(12)11(8(13)10-6)9(2,3)4/h6H,5H2,1-4H3,(H,10,13). The van der Waals surface area contributed by atoms with Crippen molar-refractivity contribution in [2.75, 3.05) is 0 Å². The molecule has 1 rings (SSSR count). The average molecular weight is 184 g/mol. The number of nitrogens with zero attached hydrogens (tertiary/aromatic N) is 1. The van der Waals surface area contributed by atoms with Crippen molar-refractivity contribution in [3.63, 3.8) is 0 Å². The van der Waals surface area contributed by atoms with Crippen molar-refractivity contribution in [3.05, 3.63) is 0 Å². The Labute approximate surface area is 78.3 Å². The van der Waals surface area contributed by atoms with Crippen molar-refractivity contribution in [1.82, 2.24) is 10.2 Å². The van der Waals surface area contributed by atoms with Crippen molar-refractivity contribution in [2.24, 2.45) is 0 Å². The summed E-state index contributed by atoms with van der Waals surface area (Å²) in [5, 5.41) is 2.65. The van der Waals surface area contributed by atoms with Gasteiger partial charge in [0.1, 0.15) is 6.04 Å². The Morgan fingerprint density at radius 3 is 2.15 bits per heavy atom. The van der Waals surface area contributed by atoms with Gasteiger partial charge in [0.05, 0.1) is 0 Å². The third kappa shape index (κ3) is 1.66. The highest BCUT2D eigenvalue weighted by Gasteiger charge is 2.42. The smallest absolute Gasteiger partial charge is 0.325 e. The molecule has 1 N–H and O–H groups in total. The molecule has 0 bridgehead atoms. The first-order valence-corrected chi connectivity index (χ1v) is 4.52. The van der Waals surface area contributed by atoms with Gasteiger partial charge in [-0.05, 0) is 27.2 Å². The van der Waals surface area contributed by atoms with Gasteiger partial charge in [0.2, 0.25) is 0 Å². The van der Waals surface area contributed by atoms with Crippen LogP contribution in [0, 0.1) is 0 Å². The van der Waals surface area contributed by atoms with Gasteiger partial charge in [0, 0.05) is 5.54 Å². The Morgan fingerprint density at radius 1 is 1.38 bits per heavy atom. The summed E-state index contributed by atoms with van der Waals surface area (Å²) in [5.74, 6) is -0.111. The summed E-state index contributed by atoms with van der Waals surface area (Å²) < 4.78 is 0. The molecule has 1 saturated heterocycles. The first kappa shape index (κ1) is 10.0. The minimum absolute atomic E-state index is 0.111. The van der Waals surface area contributed by atoms with E-state index in [0.717, 1.165) is 0 Å². The monoisotopic (exact) mass is 184 g/mol. The first-order valence-electron chi connectivity index (χ1n) is 4.52. The minimum Gasteiger partial charge on any atom is -0.326 e. The molecule has 0 aromatic heterocycles. The summed E-state index contributed by atoms with van der Waals surface area (Å²) in [6, 6.07) is -0.601. The zero-order valence-corrected chi connectivity index (χ0v) is 8.55. The molecule has 4 nitrogen and oxygen atoms in total. The second-order valence-electron chi connectivity index (χ2n) is 4.25. The van der Waals surface area contributed by atoms with Crippen LogP contribution in [-0.2, 0) is 4.79 Å². The largest absolute Gasteiger partial charge is 0.326 e. The van der Waals surface area contributed by atoms with Gasteiger partial charge in [-0.2, -0.15) is 0 Å². The van der Waals surface area contributed by atoms with Gasteiger partial charge in [-0.25, -0.2) is 4.79 Å². The normalized spacial score (nSPS) is 23.7. The molecule has 0 spiro atoms. The molecule has 1 aliphatic rings. The predicted molar refractivity (Wildman–Crippen MR) is 49.2 cm³/mol. The van der Waals surface area contributed by atoms with Gasteiger partial charge in [-0.1, -0.05) is 6.92 Å². The number of nitrogens with one attached hydrogen (secondary N) is 1. The minimum atomic E-state index is -0.426. The van der Waals surface area contributed by atoms with Crippen LogP contribution in [0.5, 0.6) is 0 Å². The second kappa shape index (κ2) is 3.01. The molecule has 4 heteroatoms. The van der Waals surface area contributed by atoms with E-state index in [1.54, 1.807) is 0 Å². The molecule has 74 valence electrons. The number of amides is 3. The quantitative estimate of drug-likeness (QED) is 0.621. The van der Waals surface area contributed by atoms with Crippen LogP contribution in [0.25, 0.3) is 0 Å². The second-order valence-corrected chi connectivity index (χ2v) is 4.25. The van der Waals surface area contributed by atoms with Crippen LogP contribution < -0.4 is 5.32 Å². The van der Waals surface area contributed by atoms with Gasteiger partial charge < -0.3 is 5.32 Å². The van der Waals surface area contributed by atoms with E-state index >= 15 is 0 Å². The molecule has 1 heterocycles. The number of hydrogen-bond donors (Lipinski definition) is 1. The number of imide groups is 1. The molecule has 0 radical (unpaired) electrons. The van der Waals surface area contributed by atoms with E-state index in [1.807, 2.05) is 27.7 Å². The van der Waals surface area contributed by atoms with Crippen LogP contribution in [0.15, 0.2) is 0 Å². The highest BCUT2D eigenvalue weighted by atomic mass is 16.2. The van der Waals surface area contributed by atoms with E-state index in [4.69, 9.17) is 0 Å². The highest BCUT2D eigenvalue weighted by molar-refractivity contribution is 6.04. The van der Waals surface area contributed by atoms with E-state index in [1.165, 1.54) is 4.90 Å². The topological polar surface area (TPSA) is 49.4 Å². The predicted octanol–water partition coefficient (Wildman–Crippen LogP) is 1.12. The molecule has 3 amide bonds. The van der Waals surface area contributed by atoms with Gasteiger partial charge in [-0.3, -0.25) is 9.69 Å². The molecular formula is C9H16N2O2. The molecular weight excluding hydrogens is 168 g/mol. The maximum atomic E-state index is 11.6.